The van der Waals surface area contributed by atoms with Crippen LogP contribution in [0, 0.1) is 0 Å². The fraction of sp³-hybridized carbons (Fsp3) is 0.400. The summed E-state index contributed by atoms with van der Waals surface area (Å²) < 4.78 is 4.08. The van der Waals surface area contributed by atoms with E-state index in [0.717, 1.165) is 0 Å². The number of benzene rings is 6. The van der Waals surface area contributed by atoms with E-state index >= 15 is 0 Å². The molecular formula is C60H88As2Cl2I2P2Pt2. The van der Waals surface area contributed by atoms with Crippen molar-refractivity contribution in [2.45, 2.75) is 119 Å². The molecule has 0 amide bonds. The molecule has 0 heterocycles. The standard InChI is InChI=1S/2C18H16As.2C12H27P.2ClH.2HI.2Pt/c2*1-4-10-16(11-5-1)19(17-12-6-2-7-13-17)18-14-8-3-9-15-18;2*1-4-7-10-13(11-8-5-2)12-9-6-3;;;;;;/h2*1-15,19H;2*4-12H2,1-3H3;4*1H;;/q2*+1;;;;;;;;/p-2. The van der Waals surface area contributed by atoms with Crippen molar-refractivity contribution in [3.05, 3.63) is 182 Å². The van der Waals surface area contributed by atoms with Crippen molar-refractivity contribution in [2.75, 3.05) is 37.0 Å². The van der Waals surface area contributed by atoms with Crippen molar-refractivity contribution in [3.63, 3.8) is 0 Å². The van der Waals surface area contributed by atoms with Crippen molar-refractivity contribution < 1.29 is 8.61 Å². The second kappa shape index (κ2) is 26.9. The van der Waals surface area contributed by atoms with Gasteiger partial charge in [0.15, 0.2) is 0 Å². The summed E-state index contributed by atoms with van der Waals surface area (Å²) in [5.41, 5.74) is 0. The van der Waals surface area contributed by atoms with Gasteiger partial charge >= 0.3 is 462 Å². The summed E-state index contributed by atoms with van der Waals surface area (Å²) in [6.07, 6.45) is 22.2. The molecule has 0 saturated heterocycles. The van der Waals surface area contributed by atoms with Crippen LogP contribution in [0.5, 0.6) is 0 Å². The Morgan fingerprint density at radius 2 is 0.471 bits per heavy atom. The molecule has 0 radical (unpaired) electrons. The molecule has 0 fully saturated rings. The van der Waals surface area contributed by atoms with Crippen LogP contribution in [0.4, 0.5) is 0 Å². The van der Waals surface area contributed by atoms with E-state index in [1.54, 1.807) is 26.1 Å². The molecule has 0 aliphatic carbocycles. The van der Waals surface area contributed by atoms with Gasteiger partial charge in [-0.15, -0.1) is 0 Å². The van der Waals surface area contributed by atoms with Gasteiger partial charge in [0, 0.05) is 0 Å². The van der Waals surface area contributed by atoms with Gasteiger partial charge < -0.3 is 0 Å². The van der Waals surface area contributed by atoms with Crippen LogP contribution in [0.3, 0.4) is 0 Å². The maximum atomic E-state index is 11.2. The Kier molecular flexibility index (Phi) is 23.0. The molecule has 0 aromatic heterocycles. The SMILES string of the molecule is CCCC[PH](CCCC)(CCCC)[Pt]([Cl])([Cl])([PH](CCCC)(CCCC)CCCC)[Pt]([I])([I])([AsH](c1ccccc1)(c1ccccc1)c1ccccc1)[AsH](c1ccccc1)(c1ccccc1)c1ccccc1. The van der Waals surface area contributed by atoms with Crippen molar-refractivity contribution in [2.24, 2.45) is 0 Å². The summed E-state index contributed by atoms with van der Waals surface area (Å²) in [5, 5.41) is -5.61. The predicted molar refractivity (Wildman–Crippen MR) is 346 cm³/mol. The fourth-order valence-corrected chi connectivity index (χ4v) is 1140. The average molecular weight is 1740 g/mol. The zero-order valence-corrected chi connectivity index (χ0v) is 59.8. The molecule has 0 nitrogen and oxygen atoms in total. The monoisotopic (exact) mass is 1730 g/mol. The summed E-state index contributed by atoms with van der Waals surface area (Å²) in [6.45, 7) is 14.8. The van der Waals surface area contributed by atoms with Gasteiger partial charge in [-0.05, 0) is 0 Å². The Hall–Kier alpha value is 0.714. The molecule has 6 aromatic rings. The number of hydrogen-bond acceptors (Lipinski definition) is 0. The third-order valence-electron chi connectivity index (χ3n) is 14.8. The Bertz CT molecular complexity index is 2070. The Balaban J connectivity index is 2.26. The van der Waals surface area contributed by atoms with Crippen LogP contribution in [0.25, 0.3) is 0 Å². The molecule has 0 aliphatic rings. The van der Waals surface area contributed by atoms with Gasteiger partial charge in [-0.1, -0.05) is 0 Å². The van der Waals surface area contributed by atoms with Crippen LogP contribution in [0.15, 0.2) is 182 Å². The van der Waals surface area contributed by atoms with Crippen LogP contribution in [-0.2, 0) is 8.61 Å². The van der Waals surface area contributed by atoms with Crippen molar-refractivity contribution in [1.29, 1.82) is 0 Å². The van der Waals surface area contributed by atoms with E-state index in [1.165, 1.54) is 114 Å². The first-order valence-corrected chi connectivity index (χ1v) is 82.8. The van der Waals surface area contributed by atoms with Gasteiger partial charge in [0.1, 0.15) is 0 Å². The first-order chi connectivity index (χ1) is 33.9. The van der Waals surface area contributed by atoms with Crippen molar-refractivity contribution in [3.8, 4) is 0 Å². The summed E-state index contributed by atoms with van der Waals surface area (Å²) in [6, 6.07) is 74.1. The van der Waals surface area contributed by atoms with Gasteiger partial charge in [0.05, 0.1) is 0 Å². The molecule has 10 heteroatoms. The Labute approximate surface area is 455 Å². The predicted octanol–water partition coefficient (Wildman–Crippen LogP) is 16.2. The van der Waals surface area contributed by atoms with E-state index < -0.39 is 41.0 Å². The second-order valence-corrected chi connectivity index (χ2v) is 303. The summed E-state index contributed by atoms with van der Waals surface area (Å²) >= 11 is 7.29. The van der Waals surface area contributed by atoms with E-state index in [9.17, 15) is 18.8 Å². The van der Waals surface area contributed by atoms with E-state index in [-0.39, 0.29) is 0 Å². The topological polar surface area (TPSA) is 0 Å². The Morgan fingerprint density at radius 3 is 0.614 bits per heavy atom. The van der Waals surface area contributed by atoms with Crippen LogP contribution in [0.2, 0.25) is 0 Å². The van der Waals surface area contributed by atoms with Crippen LogP contribution in [0.1, 0.15) is 119 Å². The summed E-state index contributed by atoms with van der Waals surface area (Å²) in [4.78, 5) is 0. The quantitative estimate of drug-likeness (QED) is 0.0249. The Morgan fingerprint density at radius 1 is 0.314 bits per heavy atom. The fourth-order valence-electron chi connectivity index (χ4n) is 11.4. The number of rotatable bonds is 29. The molecule has 6 rings (SSSR count). The number of unbranched alkanes of at least 4 members (excludes halogenated alkanes) is 6. The van der Waals surface area contributed by atoms with Gasteiger partial charge in [-0.2, -0.15) is 0 Å². The van der Waals surface area contributed by atoms with Gasteiger partial charge in [-0.3, -0.25) is 0 Å². The molecule has 0 spiro atoms. The van der Waals surface area contributed by atoms with Gasteiger partial charge in [-0.25, -0.2) is 0 Å². The third kappa shape index (κ3) is 9.86. The first kappa shape index (κ1) is 60.0. The van der Waals surface area contributed by atoms with Crippen molar-refractivity contribution in [1.82, 2.24) is 0 Å². The van der Waals surface area contributed by atoms with Crippen LogP contribution in [-0.4, -0.2) is 58.6 Å². The molecule has 0 atom stereocenters. The summed E-state index contributed by atoms with van der Waals surface area (Å²) in [7, 11) is 7.84. The molecule has 0 bridgehead atoms. The van der Waals surface area contributed by atoms with Gasteiger partial charge in [0.25, 0.3) is 0 Å². The average Bonchev–Trinajstić information content (AvgIpc) is 3.40. The van der Waals surface area contributed by atoms with E-state index in [2.05, 4.69) is 262 Å². The molecule has 0 aliphatic heterocycles. The molecule has 6 aromatic carbocycles. The zero-order valence-electron chi connectivity index (χ0n) is 43.2. The second-order valence-electron chi connectivity index (χ2n) is 19.3. The molecular weight excluding hydrogens is 1650 g/mol. The van der Waals surface area contributed by atoms with E-state index in [0.29, 0.717) is 0 Å². The van der Waals surface area contributed by atoms with Crippen molar-refractivity contribution >= 4 is 116 Å². The minimum absolute atomic E-state index is 1.19. The molecule has 0 N–H and O–H groups in total. The zero-order chi connectivity index (χ0) is 50.3. The first-order valence-electron chi connectivity index (χ1n) is 26.5. The normalized spacial score (nSPS) is 15.0. The molecule has 0 saturated carbocycles. The van der Waals surface area contributed by atoms with Gasteiger partial charge in [0.2, 0.25) is 0 Å². The minimum atomic E-state index is -5.54. The van der Waals surface area contributed by atoms with Crippen LogP contribution >= 0.6 is 68.3 Å². The molecule has 70 heavy (non-hydrogen) atoms. The van der Waals surface area contributed by atoms with E-state index in [4.69, 9.17) is 0 Å². The maximum absolute atomic E-state index is 11.2. The van der Waals surface area contributed by atoms with E-state index in [1.807, 2.05) is 0 Å². The van der Waals surface area contributed by atoms with Crippen LogP contribution < -0.4 is 26.1 Å². The molecule has 396 valence electrons. The molecule has 0 unspecified atom stereocenters. The number of hydrogen-bond donors (Lipinski definition) is 0. The summed E-state index contributed by atoms with van der Waals surface area (Å²) in [5.74, 6) is 0. The third-order valence-corrected chi connectivity index (χ3v) is 738. The number of halogens is 4.